The van der Waals surface area contributed by atoms with Gasteiger partial charge in [-0.25, -0.2) is 4.98 Å². The van der Waals surface area contributed by atoms with Gasteiger partial charge in [0.25, 0.3) is 0 Å². The van der Waals surface area contributed by atoms with E-state index >= 15 is 0 Å². The highest BCUT2D eigenvalue weighted by molar-refractivity contribution is 6.11. The first-order valence-corrected chi connectivity index (χ1v) is 19.3. The first-order valence-electron chi connectivity index (χ1n) is 19.3. The van der Waals surface area contributed by atoms with E-state index in [1.165, 1.54) is 32.9 Å². The van der Waals surface area contributed by atoms with Crippen molar-refractivity contribution in [2.24, 2.45) is 0 Å². The number of aromatic nitrogens is 2. The zero-order valence-electron chi connectivity index (χ0n) is 31.0. The summed E-state index contributed by atoms with van der Waals surface area (Å²) in [6, 6.07) is 75.1. The second-order valence-electron chi connectivity index (χ2n) is 14.4. The molecule has 0 aliphatic heterocycles. The molecule has 11 aromatic rings. The maximum atomic E-state index is 6.58. The van der Waals surface area contributed by atoms with Gasteiger partial charge in [0.2, 0.25) is 5.89 Å². The Balaban J connectivity index is 1.02. The third kappa shape index (κ3) is 5.66. The van der Waals surface area contributed by atoms with Gasteiger partial charge in [-0.1, -0.05) is 133 Å². The van der Waals surface area contributed by atoms with E-state index in [1.807, 2.05) is 30.3 Å². The van der Waals surface area contributed by atoms with Crippen molar-refractivity contribution in [1.82, 2.24) is 9.55 Å². The lowest BCUT2D eigenvalue weighted by atomic mass is 9.99. The standard InChI is InChI=1S/C53H35N3O/c1-3-13-36(14-4-1)37-23-27-41(28-24-37)55(43-31-33-44(34-32-43)56-49-21-11-9-19-46(49)47-20-10-12-22-50(47)56)42-29-25-38(26-30-42)48-35-40-17-7-8-18-45(40)51-52(48)57-53(54-51)39-15-5-2-6-16-39/h1-35H. The van der Waals surface area contributed by atoms with Gasteiger partial charge in [0.05, 0.1) is 11.0 Å². The van der Waals surface area contributed by atoms with Gasteiger partial charge in [-0.05, 0) is 101 Å². The van der Waals surface area contributed by atoms with E-state index in [4.69, 9.17) is 9.40 Å². The van der Waals surface area contributed by atoms with Crippen molar-refractivity contribution < 1.29 is 4.42 Å². The van der Waals surface area contributed by atoms with Crippen LogP contribution < -0.4 is 4.90 Å². The molecule has 0 saturated carbocycles. The Morgan fingerprint density at radius 2 is 0.877 bits per heavy atom. The Kier molecular flexibility index (Phi) is 7.78. The van der Waals surface area contributed by atoms with E-state index in [1.54, 1.807) is 0 Å². The number of benzene rings is 9. The Morgan fingerprint density at radius 3 is 1.49 bits per heavy atom. The van der Waals surface area contributed by atoms with Crippen molar-refractivity contribution in [1.29, 1.82) is 0 Å². The van der Waals surface area contributed by atoms with Crippen molar-refractivity contribution in [2.75, 3.05) is 4.90 Å². The molecule has 0 amide bonds. The Bertz CT molecular complexity index is 3150. The summed E-state index contributed by atoms with van der Waals surface area (Å²) < 4.78 is 8.94. The van der Waals surface area contributed by atoms with Crippen LogP contribution in [0, 0.1) is 0 Å². The summed E-state index contributed by atoms with van der Waals surface area (Å²) in [5.74, 6) is 0.620. The van der Waals surface area contributed by atoms with Crippen molar-refractivity contribution >= 4 is 60.7 Å². The van der Waals surface area contributed by atoms with Gasteiger partial charge < -0.3 is 13.9 Å². The molecule has 0 atom stereocenters. The first-order chi connectivity index (χ1) is 28.3. The number of oxazole rings is 1. The van der Waals surface area contributed by atoms with Gasteiger partial charge in [-0.15, -0.1) is 0 Å². The molecule has 0 spiro atoms. The molecule has 268 valence electrons. The second-order valence-corrected chi connectivity index (χ2v) is 14.4. The van der Waals surface area contributed by atoms with Crippen LogP contribution >= 0.6 is 0 Å². The monoisotopic (exact) mass is 729 g/mol. The quantitative estimate of drug-likeness (QED) is 0.164. The van der Waals surface area contributed by atoms with Crippen LogP contribution in [0.3, 0.4) is 0 Å². The van der Waals surface area contributed by atoms with Crippen LogP contribution in [0.2, 0.25) is 0 Å². The Hall–Kier alpha value is -7.69. The predicted octanol–water partition coefficient (Wildman–Crippen LogP) is 14.5. The van der Waals surface area contributed by atoms with Gasteiger partial charge in [-0.2, -0.15) is 0 Å². The Morgan fingerprint density at radius 1 is 0.404 bits per heavy atom. The van der Waals surface area contributed by atoms with Crippen LogP contribution in [-0.2, 0) is 0 Å². The van der Waals surface area contributed by atoms with E-state index < -0.39 is 0 Å². The SMILES string of the molecule is c1ccc(-c2ccc(N(c3ccc(-c4cc5ccccc5c5nc(-c6ccccc6)oc45)cc3)c3ccc(-n4c5ccccc5c5ccccc54)cc3)cc2)cc1. The molecule has 11 rings (SSSR count). The normalized spacial score (nSPS) is 11.5. The van der Waals surface area contributed by atoms with Gasteiger partial charge in [0, 0.05) is 50.0 Å². The van der Waals surface area contributed by atoms with E-state index in [9.17, 15) is 0 Å². The fourth-order valence-corrected chi connectivity index (χ4v) is 8.29. The number of nitrogens with zero attached hydrogens (tertiary/aromatic N) is 3. The molecule has 2 heterocycles. The molecule has 0 unspecified atom stereocenters. The number of rotatable bonds is 7. The van der Waals surface area contributed by atoms with Gasteiger partial charge >= 0.3 is 0 Å². The highest BCUT2D eigenvalue weighted by Crippen LogP contribution is 2.41. The predicted molar refractivity (Wildman–Crippen MR) is 237 cm³/mol. The summed E-state index contributed by atoms with van der Waals surface area (Å²) >= 11 is 0. The molecule has 0 fully saturated rings. The van der Waals surface area contributed by atoms with E-state index in [2.05, 4.69) is 191 Å². The lowest BCUT2D eigenvalue weighted by Gasteiger charge is -2.26. The number of hydrogen-bond donors (Lipinski definition) is 0. The molecule has 0 bridgehead atoms. The fraction of sp³-hybridized carbons (Fsp3) is 0. The third-order valence-corrected chi connectivity index (χ3v) is 11.0. The minimum Gasteiger partial charge on any atom is -0.435 e. The van der Waals surface area contributed by atoms with Crippen LogP contribution in [0.25, 0.3) is 83.1 Å². The summed E-state index contributed by atoms with van der Waals surface area (Å²) in [4.78, 5) is 7.36. The first kappa shape index (κ1) is 32.7. The average molecular weight is 730 g/mol. The number of hydrogen-bond acceptors (Lipinski definition) is 3. The highest BCUT2D eigenvalue weighted by atomic mass is 16.3. The van der Waals surface area contributed by atoms with Crippen LogP contribution in [0.5, 0.6) is 0 Å². The van der Waals surface area contributed by atoms with Crippen molar-refractivity contribution in [3.8, 4) is 39.4 Å². The van der Waals surface area contributed by atoms with Gasteiger partial charge in [0.15, 0.2) is 5.58 Å². The van der Waals surface area contributed by atoms with E-state index in [-0.39, 0.29) is 0 Å². The molecule has 4 nitrogen and oxygen atoms in total. The molecule has 9 aromatic carbocycles. The molecule has 4 heteroatoms. The molecular weight excluding hydrogens is 695 g/mol. The Labute approximate surface area is 330 Å². The van der Waals surface area contributed by atoms with Crippen molar-refractivity contribution in [3.05, 3.63) is 212 Å². The summed E-state index contributed by atoms with van der Waals surface area (Å²) in [6.45, 7) is 0. The van der Waals surface area contributed by atoms with Crippen molar-refractivity contribution in [2.45, 2.75) is 0 Å². The van der Waals surface area contributed by atoms with Gasteiger partial charge in [-0.3, -0.25) is 0 Å². The summed E-state index contributed by atoms with van der Waals surface area (Å²) in [6.07, 6.45) is 0. The molecule has 2 aromatic heterocycles. The zero-order valence-corrected chi connectivity index (χ0v) is 31.0. The minimum absolute atomic E-state index is 0.620. The molecule has 0 radical (unpaired) electrons. The summed E-state index contributed by atoms with van der Waals surface area (Å²) in [7, 11) is 0. The van der Waals surface area contributed by atoms with Crippen LogP contribution in [-0.4, -0.2) is 9.55 Å². The molecule has 0 N–H and O–H groups in total. The summed E-state index contributed by atoms with van der Waals surface area (Å²) in [5.41, 5.74) is 13.8. The zero-order chi connectivity index (χ0) is 37.7. The van der Waals surface area contributed by atoms with Gasteiger partial charge in [0.1, 0.15) is 5.52 Å². The maximum absolute atomic E-state index is 6.58. The largest absolute Gasteiger partial charge is 0.435 e. The summed E-state index contributed by atoms with van der Waals surface area (Å²) in [5, 5.41) is 4.71. The van der Waals surface area contributed by atoms with E-state index in [0.717, 1.165) is 61.3 Å². The molecule has 0 saturated heterocycles. The number of fused-ring (bicyclic) bond motifs is 6. The van der Waals surface area contributed by atoms with Crippen LogP contribution in [0.4, 0.5) is 17.1 Å². The van der Waals surface area contributed by atoms with Crippen molar-refractivity contribution in [3.63, 3.8) is 0 Å². The van der Waals surface area contributed by atoms with Crippen LogP contribution in [0.1, 0.15) is 0 Å². The fourth-order valence-electron chi connectivity index (χ4n) is 8.29. The lowest BCUT2D eigenvalue weighted by molar-refractivity contribution is 0.621. The molecular formula is C53H35N3O. The smallest absolute Gasteiger partial charge is 0.227 e. The molecule has 0 aliphatic carbocycles. The third-order valence-electron chi connectivity index (χ3n) is 11.0. The maximum Gasteiger partial charge on any atom is 0.227 e. The molecule has 57 heavy (non-hydrogen) atoms. The minimum atomic E-state index is 0.620. The highest BCUT2D eigenvalue weighted by Gasteiger charge is 2.19. The van der Waals surface area contributed by atoms with Crippen LogP contribution in [0.15, 0.2) is 217 Å². The topological polar surface area (TPSA) is 34.2 Å². The molecule has 0 aliphatic rings. The number of para-hydroxylation sites is 2. The second kappa shape index (κ2) is 13.6. The lowest BCUT2D eigenvalue weighted by Crippen LogP contribution is -2.10. The average Bonchev–Trinajstić information content (AvgIpc) is 3.89. The van der Waals surface area contributed by atoms with E-state index in [0.29, 0.717) is 5.89 Å². The number of anilines is 3.